The van der Waals surface area contributed by atoms with Crippen molar-refractivity contribution in [2.45, 2.75) is 26.9 Å². The highest BCUT2D eigenvalue weighted by molar-refractivity contribution is 5.91. The van der Waals surface area contributed by atoms with Crippen LogP contribution in [0.3, 0.4) is 0 Å². The summed E-state index contributed by atoms with van der Waals surface area (Å²) in [5.74, 6) is 1.79. The van der Waals surface area contributed by atoms with Crippen molar-refractivity contribution in [3.8, 4) is 23.2 Å². The summed E-state index contributed by atoms with van der Waals surface area (Å²) in [6.45, 7) is 3.97. The fourth-order valence-corrected chi connectivity index (χ4v) is 3.37. The van der Waals surface area contributed by atoms with Crippen molar-refractivity contribution in [1.82, 2.24) is 24.8 Å². The predicted octanol–water partition coefficient (Wildman–Crippen LogP) is 2.92. The first kappa shape index (κ1) is 20.9. The Morgan fingerprint density at radius 2 is 2.12 bits per heavy atom. The van der Waals surface area contributed by atoms with Crippen LogP contribution < -0.4 is 10.1 Å². The number of aromatic nitrogens is 5. The lowest BCUT2D eigenvalue weighted by molar-refractivity contribution is -0.117. The van der Waals surface area contributed by atoms with E-state index in [1.165, 1.54) is 4.80 Å². The maximum atomic E-state index is 12.8. The Labute approximate surface area is 184 Å². The maximum Gasteiger partial charge on any atom is 0.249 e. The van der Waals surface area contributed by atoms with Gasteiger partial charge in [-0.2, -0.15) is 10.1 Å². The van der Waals surface area contributed by atoms with Gasteiger partial charge in [0.2, 0.25) is 11.7 Å². The zero-order valence-electron chi connectivity index (χ0n) is 17.9. The molecule has 32 heavy (non-hydrogen) atoms. The van der Waals surface area contributed by atoms with Crippen LogP contribution >= 0.6 is 0 Å². The van der Waals surface area contributed by atoms with Crippen molar-refractivity contribution in [3.63, 3.8) is 0 Å². The minimum Gasteiger partial charge on any atom is -0.497 e. The molecular weight excluding hydrogens is 410 g/mol. The molecule has 10 nitrogen and oxygen atoms in total. The average Bonchev–Trinajstić information content (AvgIpc) is 3.52. The molecule has 162 valence electrons. The van der Waals surface area contributed by atoms with E-state index in [0.29, 0.717) is 35.3 Å². The summed E-state index contributed by atoms with van der Waals surface area (Å²) in [6, 6.07) is 13.1. The summed E-state index contributed by atoms with van der Waals surface area (Å²) in [6.07, 6.45) is 1.58. The number of benzene rings is 1. The van der Waals surface area contributed by atoms with Gasteiger partial charge in [-0.15, -0.1) is 10.2 Å². The van der Waals surface area contributed by atoms with E-state index in [1.54, 1.807) is 25.5 Å². The number of hydrogen-bond acceptors (Lipinski definition) is 7. The number of nitrogens with one attached hydrogen (secondary N) is 1. The molecule has 3 heterocycles. The van der Waals surface area contributed by atoms with Gasteiger partial charge in [-0.1, -0.05) is 12.1 Å². The van der Waals surface area contributed by atoms with E-state index in [2.05, 4.69) is 26.8 Å². The van der Waals surface area contributed by atoms with Crippen LogP contribution in [0.4, 0.5) is 5.82 Å². The molecule has 0 spiro atoms. The summed E-state index contributed by atoms with van der Waals surface area (Å²) in [5, 5.41) is 24.7. The van der Waals surface area contributed by atoms with E-state index < -0.39 is 0 Å². The van der Waals surface area contributed by atoms with Gasteiger partial charge in [0.25, 0.3) is 0 Å². The first-order valence-corrected chi connectivity index (χ1v) is 9.84. The molecule has 4 aromatic rings. The number of tetrazole rings is 1. The molecule has 10 heteroatoms. The molecule has 0 unspecified atom stereocenters. The lowest BCUT2D eigenvalue weighted by Gasteiger charge is -2.11. The van der Waals surface area contributed by atoms with Crippen LogP contribution in [0.1, 0.15) is 22.6 Å². The smallest absolute Gasteiger partial charge is 0.249 e. The standard InChI is InChI=1S/C22H21N7O3/c1-14-15(2)28(12-18-8-5-9-32-18)22(19(14)11-23)24-20(30)13-29-26-21(25-27-29)16-6-4-7-17(10-16)31-3/h4-10H,12-13H2,1-3H3,(H,24,30). The Morgan fingerprint density at radius 1 is 1.28 bits per heavy atom. The van der Waals surface area contributed by atoms with Gasteiger partial charge in [-0.25, -0.2) is 0 Å². The van der Waals surface area contributed by atoms with Crippen LogP contribution in [0, 0.1) is 25.2 Å². The summed E-state index contributed by atoms with van der Waals surface area (Å²) < 4.78 is 12.5. The van der Waals surface area contributed by atoms with Crippen LogP contribution in [0.5, 0.6) is 5.75 Å². The molecule has 0 aliphatic rings. The van der Waals surface area contributed by atoms with Crippen LogP contribution in [-0.4, -0.2) is 37.8 Å². The van der Waals surface area contributed by atoms with E-state index in [4.69, 9.17) is 9.15 Å². The van der Waals surface area contributed by atoms with Crippen LogP contribution in [0.15, 0.2) is 47.1 Å². The molecule has 0 bridgehead atoms. The lowest BCUT2D eigenvalue weighted by Crippen LogP contribution is -2.23. The van der Waals surface area contributed by atoms with Crippen molar-refractivity contribution in [1.29, 1.82) is 5.26 Å². The van der Waals surface area contributed by atoms with Crippen molar-refractivity contribution >= 4 is 11.7 Å². The molecule has 0 saturated heterocycles. The molecule has 0 aliphatic heterocycles. The second-order valence-corrected chi connectivity index (χ2v) is 7.13. The van der Waals surface area contributed by atoms with Gasteiger partial charge in [0.05, 0.1) is 25.5 Å². The molecule has 1 aromatic carbocycles. The maximum absolute atomic E-state index is 12.8. The minimum atomic E-state index is -0.380. The Bertz CT molecular complexity index is 1300. The number of rotatable bonds is 7. The van der Waals surface area contributed by atoms with Gasteiger partial charge in [0.1, 0.15) is 29.9 Å². The SMILES string of the molecule is COc1cccc(-c2nnn(CC(=O)Nc3c(C#N)c(C)c(C)n3Cc3ccco3)n2)c1. The molecule has 0 fully saturated rings. The number of carbonyl (C=O) groups excluding carboxylic acids is 1. The highest BCUT2D eigenvalue weighted by atomic mass is 16.5. The van der Waals surface area contributed by atoms with Crippen LogP contribution in [0.25, 0.3) is 11.4 Å². The zero-order valence-corrected chi connectivity index (χ0v) is 17.9. The second kappa shape index (κ2) is 8.77. The van der Waals surface area contributed by atoms with E-state index in [0.717, 1.165) is 16.8 Å². The van der Waals surface area contributed by atoms with Gasteiger partial charge >= 0.3 is 0 Å². The molecule has 4 rings (SSSR count). The Balaban J connectivity index is 1.54. The average molecular weight is 431 g/mol. The van der Waals surface area contributed by atoms with Crippen molar-refractivity contribution in [2.75, 3.05) is 12.4 Å². The largest absolute Gasteiger partial charge is 0.497 e. The van der Waals surface area contributed by atoms with E-state index >= 15 is 0 Å². The molecule has 0 radical (unpaired) electrons. The third-order valence-electron chi connectivity index (χ3n) is 5.16. The zero-order chi connectivity index (χ0) is 22.7. The number of ether oxygens (including phenoxy) is 1. The van der Waals surface area contributed by atoms with Gasteiger partial charge in [0, 0.05) is 11.3 Å². The second-order valence-electron chi connectivity index (χ2n) is 7.13. The van der Waals surface area contributed by atoms with Crippen molar-refractivity contribution in [2.24, 2.45) is 0 Å². The number of carbonyl (C=O) groups is 1. The van der Waals surface area contributed by atoms with Crippen LogP contribution in [-0.2, 0) is 17.9 Å². The molecule has 0 saturated carbocycles. The summed E-state index contributed by atoms with van der Waals surface area (Å²) in [4.78, 5) is 14.0. The fourth-order valence-electron chi connectivity index (χ4n) is 3.37. The highest BCUT2D eigenvalue weighted by Crippen LogP contribution is 2.27. The highest BCUT2D eigenvalue weighted by Gasteiger charge is 2.21. The normalized spacial score (nSPS) is 10.7. The van der Waals surface area contributed by atoms with E-state index in [-0.39, 0.29) is 12.5 Å². The Hall–Kier alpha value is -4.39. The molecule has 0 atom stereocenters. The van der Waals surface area contributed by atoms with Crippen molar-refractivity contribution in [3.05, 3.63) is 65.2 Å². The summed E-state index contributed by atoms with van der Waals surface area (Å²) >= 11 is 0. The van der Waals surface area contributed by atoms with E-state index in [1.807, 2.05) is 42.7 Å². The molecule has 1 N–H and O–H groups in total. The first-order valence-electron chi connectivity index (χ1n) is 9.84. The van der Waals surface area contributed by atoms with Gasteiger partial charge < -0.3 is 19.0 Å². The fraction of sp³-hybridized carbons (Fsp3) is 0.227. The molecule has 3 aromatic heterocycles. The lowest BCUT2D eigenvalue weighted by atomic mass is 10.2. The summed E-state index contributed by atoms with van der Waals surface area (Å²) in [5.41, 5.74) is 2.80. The number of anilines is 1. The number of furan rings is 1. The summed E-state index contributed by atoms with van der Waals surface area (Å²) in [7, 11) is 1.58. The Kier molecular flexibility index (Phi) is 5.72. The molecule has 0 aliphatic carbocycles. The van der Waals surface area contributed by atoms with Crippen LogP contribution in [0.2, 0.25) is 0 Å². The van der Waals surface area contributed by atoms with Gasteiger partial charge in [-0.05, 0) is 48.9 Å². The third-order valence-corrected chi connectivity index (χ3v) is 5.16. The number of methoxy groups -OCH3 is 1. The van der Waals surface area contributed by atoms with Gasteiger partial charge in [-0.3, -0.25) is 4.79 Å². The Morgan fingerprint density at radius 3 is 2.84 bits per heavy atom. The quantitative estimate of drug-likeness (QED) is 0.477. The molecule has 1 amide bonds. The number of nitrogens with zero attached hydrogens (tertiary/aromatic N) is 6. The third kappa shape index (κ3) is 4.09. The number of nitriles is 1. The van der Waals surface area contributed by atoms with Gasteiger partial charge in [0.15, 0.2) is 0 Å². The topological polar surface area (TPSA) is 124 Å². The van der Waals surface area contributed by atoms with Crippen molar-refractivity contribution < 1.29 is 13.9 Å². The predicted molar refractivity (Wildman–Crippen MR) is 115 cm³/mol. The molecular formula is C22H21N7O3. The minimum absolute atomic E-state index is 0.161. The first-order chi connectivity index (χ1) is 15.5. The number of hydrogen-bond donors (Lipinski definition) is 1. The monoisotopic (exact) mass is 431 g/mol. The number of amides is 1. The van der Waals surface area contributed by atoms with E-state index in [9.17, 15) is 10.1 Å².